The molecule has 40 heavy (non-hydrogen) atoms. The topological polar surface area (TPSA) is 85.0 Å². The molecule has 0 amide bonds. The Kier molecular flexibility index (Phi) is 7.56. The number of piperidine rings is 1. The van der Waals surface area contributed by atoms with E-state index in [2.05, 4.69) is 14.8 Å². The molecule has 2 aromatic carbocycles. The predicted octanol–water partition coefficient (Wildman–Crippen LogP) is 6.73. The third-order valence-corrected chi connectivity index (χ3v) is 8.27. The first-order valence-electron chi connectivity index (χ1n) is 13.5. The first kappa shape index (κ1) is 28.0. The molecule has 2 aliphatic rings. The molecule has 3 heterocycles. The molecule has 1 N–H and O–H groups in total. The van der Waals surface area contributed by atoms with Gasteiger partial charge in [-0.25, -0.2) is 0 Å². The number of aliphatic carboxylic acids is 1. The number of hydrogen-bond donors (Lipinski definition) is 1. The van der Waals surface area contributed by atoms with E-state index in [1.165, 1.54) is 12.3 Å². The van der Waals surface area contributed by atoms with Gasteiger partial charge in [0.25, 0.3) is 0 Å². The van der Waals surface area contributed by atoms with Crippen LogP contribution in [0.2, 0.25) is 0 Å². The van der Waals surface area contributed by atoms with E-state index in [4.69, 9.17) is 9.26 Å². The average Bonchev–Trinajstić information content (AvgIpc) is 3.33. The van der Waals surface area contributed by atoms with Crippen LogP contribution in [-0.2, 0) is 17.6 Å². The molecule has 10 heteroatoms. The first-order chi connectivity index (χ1) is 18.9. The highest BCUT2D eigenvalue weighted by molar-refractivity contribution is 5.70. The molecule has 1 spiro atoms. The van der Waals surface area contributed by atoms with E-state index in [9.17, 15) is 23.1 Å². The molecule has 0 aliphatic carbocycles. The van der Waals surface area contributed by atoms with Crippen LogP contribution >= 0.6 is 0 Å². The Labute approximate surface area is 230 Å². The Hall–Kier alpha value is -3.53. The smallest absolute Gasteiger partial charge is 0.487 e. The number of carbonyl (C=O) groups is 1. The Morgan fingerprint density at radius 2 is 1.90 bits per heavy atom. The Bertz CT molecular complexity index is 1380. The molecule has 1 saturated heterocycles. The van der Waals surface area contributed by atoms with Gasteiger partial charge in [0.2, 0.25) is 0 Å². The number of ether oxygens (including phenoxy) is 2. The van der Waals surface area contributed by atoms with E-state index in [-0.39, 0.29) is 17.4 Å². The number of halogens is 3. The van der Waals surface area contributed by atoms with Gasteiger partial charge in [0.1, 0.15) is 23.4 Å². The lowest BCUT2D eigenvalue weighted by Gasteiger charge is -2.46. The standard InChI is InChI=1S/C30H33F3N2O5/c1-18(28(36)37)14-21-4-5-22-8-9-29(39-27(22)15-21)10-12-35(13-11-29)20(3)24-16-23(25-17-38-34-19(25)2)6-7-26(24)40-30(31,32)33/h4-7,15-18,20H,8-14H2,1-3H3,(H,36,37). The number of rotatable bonds is 7. The maximum atomic E-state index is 13.3. The number of hydrogen-bond acceptors (Lipinski definition) is 6. The summed E-state index contributed by atoms with van der Waals surface area (Å²) < 4.78 is 55.8. The van der Waals surface area contributed by atoms with Crippen LogP contribution in [0.15, 0.2) is 47.2 Å². The summed E-state index contributed by atoms with van der Waals surface area (Å²) >= 11 is 0. The van der Waals surface area contributed by atoms with E-state index < -0.39 is 18.2 Å². The van der Waals surface area contributed by atoms with Gasteiger partial charge < -0.3 is 19.1 Å². The molecule has 2 aliphatic heterocycles. The number of carboxylic acid groups (broad SMARTS) is 1. The lowest BCUT2D eigenvalue weighted by Crippen LogP contribution is -2.50. The molecule has 0 saturated carbocycles. The maximum Gasteiger partial charge on any atom is 0.573 e. The molecule has 2 unspecified atom stereocenters. The van der Waals surface area contributed by atoms with Gasteiger partial charge in [0.05, 0.1) is 11.6 Å². The molecule has 0 bridgehead atoms. The zero-order valence-corrected chi connectivity index (χ0v) is 22.8. The van der Waals surface area contributed by atoms with E-state index in [0.29, 0.717) is 36.3 Å². The van der Waals surface area contributed by atoms with Crippen molar-refractivity contribution in [2.75, 3.05) is 13.1 Å². The van der Waals surface area contributed by atoms with Crippen LogP contribution < -0.4 is 9.47 Å². The maximum absolute atomic E-state index is 13.3. The lowest BCUT2D eigenvalue weighted by atomic mass is 9.82. The van der Waals surface area contributed by atoms with Crippen LogP contribution in [-0.4, -0.2) is 46.2 Å². The molecule has 7 nitrogen and oxygen atoms in total. The van der Waals surface area contributed by atoms with Gasteiger partial charge in [-0.3, -0.25) is 9.69 Å². The van der Waals surface area contributed by atoms with Crippen LogP contribution in [0.3, 0.4) is 0 Å². The van der Waals surface area contributed by atoms with E-state index >= 15 is 0 Å². The molecular weight excluding hydrogens is 525 g/mol. The fourth-order valence-corrected chi connectivity index (χ4v) is 5.81. The Morgan fingerprint density at radius 3 is 2.55 bits per heavy atom. The van der Waals surface area contributed by atoms with Crippen LogP contribution in [0.4, 0.5) is 13.2 Å². The molecule has 3 aromatic rings. The second-order valence-corrected chi connectivity index (χ2v) is 11.0. The van der Waals surface area contributed by atoms with Gasteiger partial charge >= 0.3 is 12.3 Å². The van der Waals surface area contributed by atoms with Crippen molar-refractivity contribution in [1.82, 2.24) is 10.1 Å². The number of aryl methyl sites for hydroxylation is 2. The highest BCUT2D eigenvalue weighted by Gasteiger charge is 2.41. The number of likely N-dealkylation sites (tertiary alicyclic amines) is 1. The molecule has 214 valence electrons. The number of aromatic nitrogens is 1. The summed E-state index contributed by atoms with van der Waals surface area (Å²) in [6.07, 6.45) is 0.291. The fraction of sp³-hybridized carbons (Fsp3) is 0.467. The number of benzene rings is 2. The minimum atomic E-state index is -4.81. The van der Waals surface area contributed by atoms with Crippen molar-refractivity contribution >= 4 is 5.97 Å². The van der Waals surface area contributed by atoms with Crippen molar-refractivity contribution in [1.29, 1.82) is 0 Å². The third kappa shape index (κ3) is 5.96. The number of carboxylic acids is 1. The van der Waals surface area contributed by atoms with Crippen molar-refractivity contribution in [3.63, 3.8) is 0 Å². The first-order valence-corrected chi connectivity index (χ1v) is 13.5. The monoisotopic (exact) mass is 558 g/mol. The summed E-state index contributed by atoms with van der Waals surface area (Å²) in [5.74, 6) is -0.731. The summed E-state index contributed by atoms with van der Waals surface area (Å²) in [5, 5.41) is 13.2. The Morgan fingerprint density at radius 1 is 1.15 bits per heavy atom. The number of nitrogens with zero attached hydrogens (tertiary/aromatic N) is 2. The van der Waals surface area contributed by atoms with Gasteiger partial charge in [0, 0.05) is 30.3 Å². The second-order valence-electron chi connectivity index (χ2n) is 11.0. The minimum absolute atomic E-state index is 0.218. The molecule has 1 fully saturated rings. The molecule has 0 radical (unpaired) electrons. The predicted molar refractivity (Wildman–Crippen MR) is 141 cm³/mol. The van der Waals surface area contributed by atoms with E-state index in [0.717, 1.165) is 48.1 Å². The summed E-state index contributed by atoms with van der Waals surface area (Å²) in [6, 6.07) is 10.3. The SMILES string of the molecule is Cc1nocc1-c1ccc(OC(F)(F)F)c(C(C)N2CCC3(CCc4ccc(CC(C)C(=O)O)cc4O3)CC2)c1. The highest BCUT2D eigenvalue weighted by atomic mass is 19.4. The van der Waals surface area contributed by atoms with Crippen LogP contribution in [0.25, 0.3) is 11.1 Å². The van der Waals surface area contributed by atoms with E-state index in [1.54, 1.807) is 26.0 Å². The fourth-order valence-electron chi connectivity index (χ4n) is 5.81. The summed E-state index contributed by atoms with van der Waals surface area (Å²) in [7, 11) is 0. The normalized spacial score (nSPS) is 18.6. The van der Waals surface area contributed by atoms with Crippen molar-refractivity contribution in [3.8, 4) is 22.6 Å². The second kappa shape index (κ2) is 10.8. The van der Waals surface area contributed by atoms with Crippen LogP contribution in [0, 0.1) is 12.8 Å². The van der Waals surface area contributed by atoms with Crippen molar-refractivity contribution in [3.05, 3.63) is 65.0 Å². The molecule has 5 rings (SSSR count). The van der Waals surface area contributed by atoms with Crippen molar-refractivity contribution in [2.24, 2.45) is 5.92 Å². The largest absolute Gasteiger partial charge is 0.573 e. The average molecular weight is 559 g/mol. The number of alkyl halides is 3. The zero-order chi connectivity index (χ0) is 28.7. The van der Waals surface area contributed by atoms with Crippen LogP contribution in [0.5, 0.6) is 11.5 Å². The van der Waals surface area contributed by atoms with Gasteiger partial charge in [-0.2, -0.15) is 0 Å². The summed E-state index contributed by atoms with van der Waals surface area (Å²) in [5.41, 5.74) is 4.21. The third-order valence-electron chi connectivity index (χ3n) is 8.27. The molecule has 1 aromatic heterocycles. The Balaban J connectivity index is 1.33. The van der Waals surface area contributed by atoms with Gasteiger partial charge in [-0.1, -0.05) is 30.3 Å². The van der Waals surface area contributed by atoms with E-state index in [1.807, 2.05) is 25.1 Å². The van der Waals surface area contributed by atoms with Gasteiger partial charge in [-0.05, 0) is 80.8 Å². The molecule has 2 atom stereocenters. The lowest BCUT2D eigenvalue weighted by molar-refractivity contribution is -0.275. The van der Waals surface area contributed by atoms with Gasteiger partial charge in [-0.15, -0.1) is 13.2 Å². The van der Waals surface area contributed by atoms with Crippen LogP contribution in [0.1, 0.15) is 61.5 Å². The van der Waals surface area contributed by atoms with Gasteiger partial charge in [0.15, 0.2) is 0 Å². The van der Waals surface area contributed by atoms with Crippen molar-refractivity contribution < 1.29 is 37.1 Å². The molecular formula is C30H33F3N2O5. The zero-order valence-electron chi connectivity index (χ0n) is 22.8. The summed E-state index contributed by atoms with van der Waals surface area (Å²) in [4.78, 5) is 13.5. The highest BCUT2D eigenvalue weighted by Crippen LogP contribution is 2.43. The quantitative estimate of drug-likeness (QED) is 0.344. The number of fused-ring (bicyclic) bond motifs is 1. The minimum Gasteiger partial charge on any atom is -0.487 e. The summed E-state index contributed by atoms with van der Waals surface area (Å²) in [6.45, 7) is 6.66. The van der Waals surface area contributed by atoms with Crippen molar-refractivity contribution in [2.45, 2.75) is 70.9 Å².